The predicted octanol–water partition coefficient (Wildman–Crippen LogP) is 2.03. The lowest BCUT2D eigenvalue weighted by molar-refractivity contribution is -0.135. The zero-order chi connectivity index (χ0) is 31.4. The van der Waals surface area contributed by atoms with Crippen molar-refractivity contribution in [2.75, 3.05) is 30.6 Å². The second-order valence-corrected chi connectivity index (χ2v) is 11.8. The van der Waals surface area contributed by atoms with Crippen LogP contribution in [0.2, 0.25) is 0 Å². The number of ketones is 1. The van der Waals surface area contributed by atoms with Crippen LogP contribution in [0.25, 0.3) is 5.69 Å². The van der Waals surface area contributed by atoms with Crippen molar-refractivity contribution in [2.45, 2.75) is 33.7 Å². The van der Waals surface area contributed by atoms with Gasteiger partial charge in [0, 0.05) is 24.1 Å². The summed E-state index contributed by atoms with van der Waals surface area (Å²) in [6, 6.07) is 10.9. The van der Waals surface area contributed by atoms with Gasteiger partial charge in [-0.1, -0.05) is 45.9 Å². The van der Waals surface area contributed by atoms with Gasteiger partial charge in [-0.05, 0) is 30.3 Å². The molecular weight excluding hydrogens is 566 g/mol. The van der Waals surface area contributed by atoms with Crippen molar-refractivity contribution in [3.05, 3.63) is 69.5 Å². The molecule has 42 heavy (non-hydrogen) atoms. The molecule has 3 unspecified atom stereocenters. The first-order chi connectivity index (χ1) is 19.7. The van der Waals surface area contributed by atoms with Crippen molar-refractivity contribution in [3.63, 3.8) is 0 Å². The Bertz CT molecular complexity index is 1620. The highest BCUT2D eigenvalue weighted by Crippen LogP contribution is 2.30. The number of carbonyl (C=O) groups is 3. The minimum atomic E-state index is -1.83. The molecular formula is C28H35N5O8S. The molecule has 226 valence electrons. The average Bonchev–Trinajstić information content (AvgIpc) is 3.16. The van der Waals surface area contributed by atoms with Gasteiger partial charge in [-0.3, -0.25) is 18.6 Å². The van der Waals surface area contributed by atoms with Crippen LogP contribution < -0.4 is 26.7 Å². The number of carbonyl (C=O) groups excluding carboxylic acids is 3. The number of benzene rings is 2. The summed E-state index contributed by atoms with van der Waals surface area (Å²) >= 11 is -1.63. The van der Waals surface area contributed by atoms with E-state index in [2.05, 4.69) is 10.6 Å². The van der Waals surface area contributed by atoms with Gasteiger partial charge in [-0.25, -0.2) is 23.0 Å². The highest BCUT2D eigenvalue weighted by molar-refractivity contribution is 7.80. The standard InChI is InChI=1S/C28H35N5O8S/c1-17(16-42(39)41-7)24(35)29-18-13-14-21(40-6)20(15-18)30-25(36)22(23(34)28(2,3)4)32-26(37)31(5)33(27(32)38)19-11-9-8-10-12-19/h8-15,17,22H,16H2,1-7H3,(H,29,35)(H,30,36). The quantitative estimate of drug-likeness (QED) is 0.316. The fourth-order valence-corrected chi connectivity index (χ4v) is 4.78. The van der Waals surface area contributed by atoms with Crippen LogP contribution in [-0.2, 0) is 36.7 Å². The van der Waals surface area contributed by atoms with E-state index in [-0.39, 0.29) is 22.9 Å². The van der Waals surface area contributed by atoms with E-state index in [0.717, 1.165) is 9.36 Å². The molecule has 13 nitrogen and oxygen atoms in total. The molecule has 0 bridgehead atoms. The van der Waals surface area contributed by atoms with Crippen LogP contribution in [0.1, 0.15) is 33.7 Å². The molecule has 0 aliphatic rings. The summed E-state index contributed by atoms with van der Waals surface area (Å²) in [7, 11) is 4.00. The van der Waals surface area contributed by atoms with Gasteiger partial charge in [0.2, 0.25) is 5.91 Å². The first-order valence-corrected chi connectivity index (χ1v) is 14.2. The Labute approximate surface area is 245 Å². The number of anilines is 2. The van der Waals surface area contributed by atoms with E-state index in [9.17, 15) is 28.2 Å². The van der Waals surface area contributed by atoms with E-state index < -0.39 is 57.4 Å². The molecule has 1 heterocycles. The summed E-state index contributed by atoms with van der Waals surface area (Å²) in [5.41, 5.74) is -2.13. The number of hydrogen-bond donors (Lipinski definition) is 2. The Morgan fingerprint density at radius 1 is 0.952 bits per heavy atom. The topological polar surface area (TPSA) is 160 Å². The van der Waals surface area contributed by atoms with Gasteiger partial charge in [0.15, 0.2) is 22.9 Å². The third-order valence-electron chi connectivity index (χ3n) is 6.41. The molecule has 1 aromatic heterocycles. The van der Waals surface area contributed by atoms with E-state index in [0.29, 0.717) is 10.3 Å². The largest absolute Gasteiger partial charge is 0.495 e. The SMILES string of the molecule is COc1ccc(NC(=O)C(C)CS(=O)OC)cc1NC(=O)C(C(=O)C(C)(C)C)n1c(=O)n(C)n(-c2ccccc2)c1=O. The number of aromatic nitrogens is 3. The van der Waals surface area contributed by atoms with E-state index >= 15 is 0 Å². The van der Waals surface area contributed by atoms with Crippen LogP contribution in [0, 0.1) is 11.3 Å². The smallest absolute Gasteiger partial charge is 0.353 e. The van der Waals surface area contributed by atoms with Gasteiger partial charge < -0.3 is 15.4 Å². The van der Waals surface area contributed by atoms with Gasteiger partial charge in [0.25, 0.3) is 5.91 Å². The van der Waals surface area contributed by atoms with Gasteiger partial charge in [-0.15, -0.1) is 0 Å². The number of rotatable bonds is 11. The number of methoxy groups -OCH3 is 1. The average molecular weight is 602 g/mol. The molecule has 0 aliphatic carbocycles. The Morgan fingerprint density at radius 3 is 2.17 bits per heavy atom. The Kier molecular flexibility index (Phi) is 10.1. The van der Waals surface area contributed by atoms with Crippen LogP contribution in [0.15, 0.2) is 58.1 Å². The molecule has 0 saturated heterocycles. The molecule has 0 aliphatic heterocycles. The Balaban J connectivity index is 2.04. The molecule has 2 amide bonds. The summed E-state index contributed by atoms with van der Waals surface area (Å²) in [6.07, 6.45) is 0. The minimum Gasteiger partial charge on any atom is -0.495 e. The number of nitrogens with zero attached hydrogens (tertiary/aromatic N) is 3. The molecule has 0 radical (unpaired) electrons. The summed E-state index contributed by atoms with van der Waals surface area (Å²) in [6.45, 7) is 6.32. The van der Waals surface area contributed by atoms with Gasteiger partial charge in [-0.2, -0.15) is 4.68 Å². The number of para-hydroxylation sites is 1. The molecule has 0 spiro atoms. The van der Waals surface area contributed by atoms with Crippen molar-refractivity contribution < 1.29 is 27.5 Å². The van der Waals surface area contributed by atoms with Gasteiger partial charge >= 0.3 is 11.4 Å². The second kappa shape index (κ2) is 13.1. The molecule has 0 fully saturated rings. The van der Waals surface area contributed by atoms with Crippen molar-refractivity contribution in [1.82, 2.24) is 13.9 Å². The first-order valence-electron chi connectivity index (χ1n) is 12.9. The van der Waals surface area contributed by atoms with Crippen LogP contribution >= 0.6 is 0 Å². The van der Waals surface area contributed by atoms with Crippen LogP contribution in [0.5, 0.6) is 5.75 Å². The van der Waals surface area contributed by atoms with Crippen molar-refractivity contribution in [3.8, 4) is 11.4 Å². The number of ether oxygens (including phenoxy) is 1. The third kappa shape index (κ3) is 6.94. The molecule has 2 aromatic carbocycles. The summed E-state index contributed by atoms with van der Waals surface area (Å²) in [4.78, 5) is 66.9. The molecule has 2 N–H and O–H groups in total. The highest BCUT2D eigenvalue weighted by Gasteiger charge is 2.40. The van der Waals surface area contributed by atoms with E-state index in [4.69, 9.17) is 8.92 Å². The lowest BCUT2D eigenvalue weighted by Gasteiger charge is -2.24. The fourth-order valence-electron chi connectivity index (χ4n) is 4.09. The molecule has 14 heteroatoms. The monoisotopic (exact) mass is 601 g/mol. The molecule has 0 saturated carbocycles. The molecule has 3 atom stereocenters. The number of amides is 2. The third-order valence-corrected chi connectivity index (χ3v) is 7.55. The van der Waals surface area contributed by atoms with Gasteiger partial charge in [0.1, 0.15) is 5.75 Å². The number of Topliss-reactive ketones (excluding diaryl/α,β-unsaturated/α-hetero) is 1. The van der Waals surface area contributed by atoms with E-state index in [1.54, 1.807) is 58.0 Å². The maximum Gasteiger partial charge on any atom is 0.353 e. The zero-order valence-corrected chi connectivity index (χ0v) is 25.3. The first kappa shape index (κ1) is 32.2. The Hall–Kier alpha value is -4.30. The van der Waals surface area contributed by atoms with Gasteiger partial charge in [0.05, 0.1) is 31.3 Å². The number of nitrogens with one attached hydrogen (secondary N) is 2. The summed E-state index contributed by atoms with van der Waals surface area (Å²) in [5.74, 6) is -2.55. The maximum atomic E-state index is 13.8. The molecule has 3 rings (SSSR count). The summed E-state index contributed by atoms with van der Waals surface area (Å²) in [5, 5.41) is 5.27. The van der Waals surface area contributed by atoms with E-state index in [1.165, 1.54) is 39.5 Å². The van der Waals surface area contributed by atoms with Crippen LogP contribution in [-0.4, -0.2) is 55.7 Å². The van der Waals surface area contributed by atoms with E-state index in [1.807, 2.05) is 0 Å². The van der Waals surface area contributed by atoms with Crippen molar-refractivity contribution in [1.29, 1.82) is 0 Å². The van der Waals surface area contributed by atoms with Crippen LogP contribution in [0.3, 0.4) is 0 Å². The zero-order valence-electron chi connectivity index (χ0n) is 24.5. The lowest BCUT2D eigenvalue weighted by Crippen LogP contribution is -2.46. The second-order valence-electron chi connectivity index (χ2n) is 10.6. The predicted molar refractivity (Wildman–Crippen MR) is 158 cm³/mol. The summed E-state index contributed by atoms with van der Waals surface area (Å²) < 4.78 is 24.5. The van der Waals surface area contributed by atoms with Crippen LogP contribution in [0.4, 0.5) is 11.4 Å². The molecule has 3 aromatic rings. The number of hydrogen-bond acceptors (Lipinski definition) is 8. The lowest BCUT2D eigenvalue weighted by atomic mass is 9.86. The van der Waals surface area contributed by atoms with Crippen molar-refractivity contribution >= 4 is 40.1 Å². The highest BCUT2D eigenvalue weighted by atomic mass is 32.2. The fraction of sp³-hybridized carbons (Fsp3) is 0.393. The minimum absolute atomic E-state index is 0.0228. The van der Waals surface area contributed by atoms with Crippen molar-refractivity contribution in [2.24, 2.45) is 18.4 Å². The normalized spacial score (nSPS) is 13.6. The maximum absolute atomic E-state index is 13.8. The Morgan fingerprint density at radius 2 is 1.60 bits per heavy atom.